The maximum atomic E-state index is 13.2. The minimum atomic E-state index is -0.678. The molecule has 0 aliphatic carbocycles. The summed E-state index contributed by atoms with van der Waals surface area (Å²) in [7, 11) is 3.93. The second-order valence-electron chi connectivity index (χ2n) is 8.18. The van der Waals surface area contributed by atoms with Crippen LogP contribution in [0.15, 0.2) is 58.7 Å². The minimum Gasteiger partial charge on any atom is -0.505 e. The Balaban J connectivity index is 1.89. The average molecular weight is 497 g/mol. The molecule has 1 aromatic carbocycles. The topological polar surface area (TPSA) is 78.1 Å². The summed E-state index contributed by atoms with van der Waals surface area (Å²) in [6.07, 6.45) is 2.49. The zero-order chi connectivity index (χ0) is 23.0. The van der Waals surface area contributed by atoms with E-state index in [2.05, 4.69) is 20.9 Å². The van der Waals surface area contributed by atoms with Gasteiger partial charge in [-0.05, 0) is 63.8 Å². The summed E-state index contributed by atoms with van der Waals surface area (Å²) in [5.41, 5.74) is 2.52. The van der Waals surface area contributed by atoms with Crippen molar-refractivity contribution in [3.63, 3.8) is 0 Å². The number of rotatable bonds is 6. The Morgan fingerprint density at radius 2 is 1.97 bits per heavy atom. The van der Waals surface area contributed by atoms with Crippen molar-refractivity contribution in [1.29, 1.82) is 0 Å². The molecule has 1 atom stereocenters. The number of carbonyl (C=O) groups excluding carboxylic acids is 2. The second kappa shape index (κ2) is 8.88. The quantitative estimate of drug-likeness (QED) is 0.319. The number of aliphatic hydroxyl groups excluding tert-OH is 1. The summed E-state index contributed by atoms with van der Waals surface area (Å²) in [6, 6.07) is 12.3. The lowest BCUT2D eigenvalue weighted by atomic mass is 9.96. The van der Waals surface area contributed by atoms with Crippen LogP contribution in [0.4, 0.5) is 0 Å². The number of hydrogen-bond acceptors (Lipinski definition) is 5. The van der Waals surface area contributed by atoms with E-state index in [1.165, 1.54) is 0 Å². The van der Waals surface area contributed by atoms with Crippen LogP contribution in [0.1, 0.15) is 29.4 Å². The van der Waals surface area contributed by atoms with E-state index in [1.54, 1.807) is 22.4 Å². The molecule has 0 saturated carbocycles. The van der Waals surface area contributed by atoms with Gasteiger partial charge in [-0.3, -0.25) is 14.0 Å². The zero-order valence-corrected chi connectivity index (χ0v) is 19.8. The van der Waals surface area contributed by atoms with Crippen LogP contribution < -0.4 is 0 Å². The third kappa shape index (κ3) is 3.96. The van der Waals surface area contributed by atoms with Gasteiger partial charge in [-0.1, -0.05) is 34.1 Å². The van der Waals surface area contributed by atoms with Gasteiger partial charge in [0.05, 0.1) is 17.3 Å². The molecule has 1 amide bonds. The van der Waals surface area contributed by atoms with Gasteiger partial charge in [0, 0.05) is 17.2 Å². The summed E-state index contributed by atoms with van der Waals surface area (Å²) in [4.78, 5) is 34.4. The van der Waals surface area contributed by atoms with Gasteiger partial charge < -0.3 is 14.9 Å². The van der Waals surface area contributed by atoms with Gasteiger partial charge in [0.15, 0.2) is 5.76 Å². The highest BCUT2D eigenvalue weighted by atomic mass is 79.9. The first-order valence-electron chi connectivity index (χ1n) is 10.4. The molecule has 2 aromatic heterocycles. The molecular weight excluding hydrogens is 472 g/mol. The minimum absolute atomic E-state index is 0.0895. The summed E-state index contributed by atoms with van der Waals surface area (Å²) in [5.74, 6) is -1.48. The van der Waals surface area contributed by atoms with Crippen molar-refractivity contribution in [2.24, 2.45) is 0 Å². The number of halogens is 1. The Kier molecular flexibility index (Phi) is 6.17. The van der Waals surface area contributed by atoms with E-state index in [4.69, 9.17) is 0 Å². The lowest BCUT2D eigenvalue weighted by Gasteiger charge is -2.26. The number of fused-ring (bicyclic) bond motifs is 1. The second-order valence-corrected chi connectivity index (χ2v) is 9.09. The number of amides is 1. The number of hydrogen-bond donors (Lipinski definition) is 1. The molecule has 3 heterocycles. The summed E-state index contributed by atoms with van der Waals surface area (Å²) < 4.78 is 2.57. The highest BCUT2D eigenvalue weighted by molar-refractivity contribution is 9.10. The fraction of sp³-hybridized carbons (Fsp3) is 0.292. The number of likely N-dealkylation sites (tertiary alicyclic amines) is 1. The molecule has 1 aliphatic heterocycles. The first kappa shape index (κ1) is 22.2. The molecule has 8 heteroatoms. The first-order chi connectivity index (χ1) is 15.3. The Hall–Kier alpha value is -2.97. The van der Waals surface area contributed by atoms with E-state index >= 15 is 0 Å². The van der Waals surface area contributed by atoms with Crippen molar-refractivity contribution in [1.82, 2.24) is 19.2 Å². The Labute approximate surface area is 195 Å². The predicted octanol–water partition coefficient (Wildman–Crippen LogP) is 3.78. The summed E-state index contributed by atoms with van der Waals surface area (Å²) in [5, 5.41) is 11.4. The number of Topliss-reactive ketones (excluding diaryl/α,β-unsaturated/α-hetero) is 1. The van der Waals surface area contributed by atoms with Crippen LogP contribution in [0.25, 0.3) is 11.4 Å². The molecule has 1 saturated heterocycles. The standard InChI is InChI=1S/C24H25BrN4O3/c1-15-20(28-12-5-4-10-18(28)26-15)22(30)19-21(16-8-6-9-17(25)14-16)29(24(32)23(19)31)13-7-11-27(2)3/h4-6,8-10,12,14,21,30H,7,11,13H2,1-3H3. The van der Waals surface area contributed by atoms with E-state index in [0.717, 1.165) is 16.6 Å². The van der Waals surface area contributed by atoms with Crippen molar-refractivity contribution in [3.8, 4) is 0 Å². The van der Waals surface area contributed by atoms with Gasteiger partial charge in [-0.2, -0.15) is 0 Å². The SMILES string of the molecule is Cc1nc2ccccn2c1C(O)=C1C(=O)C(=O)N(CCCN(C)C)C1c1cccc(Br)c1. The van der Waals surface area contributed by atoms with Crippen molar-refractivity contribution >= 4 is 39.0 Å². The fourth-order valence-electron chi connectivity index (χ4n) is 4.22. The lowest BCUT2D eigenvalue weighted by Crippen LogP contribution is -2.32. The molecule has 32 heavy (non-hydrogen) atoms. The maximum Gasteiger partial charge on any atom is 0.295 e. The molecule has 1 N–H and O–H groups in total. The molecule has 3 aromatic rings. The summed E-state index contributed by atoms with van der Waals surface area (Å²) in [6.45, 7) is 2.97. The van der Waals surface area contributed by atoms with Crippen LogP contribution in [0, 0.1) is 6.92 Å². The van der Waals surface area contributed by atoms with Crippen LogP contribution in [0.5, 0.6) is 0 Å². The molecule has 4 rings (SSSR count). The molecule has 7 nitrogen and oxygen atoms in total. The molecule has 0 bridgehead atoms. The van der Waals surface area contributed by atoms with E-state index in [-0.39, 0.29) is 11.3 Å². The van der Waals surface area contributed by atoms with Crippen LogP contribution in [-0.2, 0) is 9.59 Å². The Morgan fingerprint density at radius 1 is 1.19 bits per heavy atom. The van der Waals surface area contributed by atoms with Gasteiger partial charge in [-0.15, -0.1) is 0 Å². The molecule has 1 aliphatic rings. The Bertz CT molecular complexity index is 1230. The lowest BCUT2D eigenvalue weighted by molar-refractivity contribution is -0.139. The van der Waals surface area contributed by atoms with Gasteiger partial charge in [-0.25, -0.2) is 4.98 Å². The van der Waals surface area contributed by atoms with Crippen molar-refractivity contribution in [2.75, 3.05) is 27.2 Å². The number of imidazole rings is 1. The highest BCUT2D eigenvalue weighted by Crippen LogP contribution is 2.40. The maximum absolute atomic E-state index is 13.2. The van der Waals surface area contributed by atoms with Crippen molar-refractivity contribution in [3.05, 3.63) is 75.7 Å². The van der Waals surface area contributed by atoms with Crippen LogP contribution in [0.2, 0.25) is 0 Å². The third-order valence-corrected chi connectivity index (χ3v) is 6.13. The van der Waals surface area contributed by atoms with Gasteiger partial charge in [0.25, 0.3) is 11.7 Å². The number of carbonyl (C=O) groups is 2. The molecular formula is C24H25BrN4O3. The Morgan fingerprint density at radius 3 is 2.69 bits per heavy atom. The first-order valence-corrected chi connectivity index (χ1v) is 11.2. The van der Waals surface area contributed by atoms with Crippen molar-refractivity contribution in [2.45, 2.75) is 19.4 Å². The van der Waals surface area contributed by atoms with Crippen LogP contribution in [-0.4, -0.2) is 63.2 Å². The third-order valence-electron chi connectivity index (χ3n) is 5.64. The van der Waals surface area contributed by atoms with Crippen LogP contribution >= 0.6 is 15.9 Å². The average Bonchev–Trinajstić information content (AvgIpc) is 3.21. The highest BCUT2D eigenvalue weighted by Gasteiger charge is 2.46. The zero-order valence-electron chi connectivity index (χ0n) is 18.2. The number of pyridine rings is 1. The van der Waals surface area contributed by atoms with E-state index in [9.17, 15) is 14.7 Å². The van der Waals surface area contributed by atoms with E-state index in [0.29, 0.717) is 30.0 Å². The molecule has 166 valence electrons. The van der Waals surface area contributed by atoms with E-state index < -0.39 is 17.7 Å². The monoisotopic (exact) mass is 496 g/mol. The molecule has 1 unspecified atom stereocenters. The fourth-order valence-corrected chi connectivity index (χ4v) is 4.63. The molecule has 0 radical (unpaired) electrons. The van der Waals surface area contributed by atoms with Gasteiger partial charge in [0.1, 0.15) is 11.3 Å². The number of aryl methyl sites for hydroxylation is 1. The number of aliphatic hydroxyl groups is 1. The summed E-state index contributed by atoms with van der Waals surface area (Å²) >= 11 is 3.48. The number of benzene rings is 1. The smallest absolute Gasteiger partial charge is 0.295 e. The molecule has 1 fully saturated rings. The van der Waals surface area contributed by atoms with Crippen molar-refractivity contribution < 1.29 is 14.7 Å². The predicted molar refractivity (Wildman–Crippen MR) is 126 cm³/mol. The van der Waals surface area contributed by atoms with Crippen LogP contribution in [0.3, 0.4) is 0 Å². The number of aromatic nitrogens is 2. The molecule has 0 spiro atoms. The number of nitrogens with zero attached hydrogens (tertiary/aromatic N) is 4. The normalized spacial score (nSPS) is 18.3. The largest absolute Gasteiger partial charge is 0.505 e. The van der Waals surface area contributed by atoms with Gasteiger partial charge >= 0.3 is 0 Å². The van der Waals surface area contributed by atoms with E-state index in [1.807, 2.05) is 61.5 Å². The number of ketones is 1. The van der Waals surface area contributed by atoms with Gasteiger partial charge in [0.2, 0.25) is 0 Å².